The largest absolute Gasteiger partial charge is 0.301 e. The van der Waals surface area contributed by atoms with Crippen molar-refractivity contribution in [3.05, 3.63) is 235 Å². The summed E-state index contributed by atoms with van der Waals surface area (Å²) in [5, 5.41) is 3.58. The summed E-state index contributed by atoms with van der Waals surface area (Å²) in [5.41, 5.74) is 20.8. The van der Waals surface area contributed by atoms with Crippen LogP contribution in [0, 0.1) is 0 Å². The Bertz CT molecular complexity index is 4610. The Morgan fingerprint density at radius 1 is 0.500 bits per heavy atom. The van der Waals surface area contributed by atoms with Crippen molar-refractivity contribution < 1.29 is 9.13 Å². The molecule has 0 N–H and O–H groups in total. The van der Waals surface area contributed by atoms with Crippen molar-refractivity contribution in [3.8, 4) is 72.8 Å². The number of hydrogen-bond donors (Lipinski definition) is 0. The first-order valence-corrected chi connectivity index (χ1v) is 27.8. The summed E-state index contributed by atoms with van der Waals surface area (Å²) in [5.74, 6) is 2.18. The van der Waals surface area contributed by atoms with Crippen molar-refractivity contribution >= 4 is 70.3 Å². The highest BCUT2D eigenvalue weighted by Gasteiger charge is 2.87. The second-order valence-corrected chi connectivity index (χ2v) is 23.7. The minimum atomic E-state index is -0.222. The third kappa shape index (κ3) is 5.19. The van der Waals surface area contributed by atoms with Crippen LogP contribution in [-0.2, 0) is 11.0 Å². The van der Waals surface area contributed by atoms with Gasteiger partial charge in [0.05, 0.1) is 39.1 Å². The van der Waals surface area contributed by atoms with Crippen molar-refractivity contribution in [2.24, 2.45) is 0 Å². The molecule has 13 aromatic rings. The summed E-state index contributed by atoms with van der Waals surface area (Å²) in [6.45, 7) is 4.70. The number of pyridine rings is 2. The minimum Gasteiger partial charge on any atom is -0.301 e. The van der Waals surface area contributed by atoms with E-state index < -0.39 is 0 Å². The number of benzene rings is 7. The lowest BCUT2D eigenvalue weighted by atomic mass is 9.82. The zero-order valence-electron chi connectivity index (χ0n) is 41.3. The molecule has 0 amide bonds. The Kier molecular flexibility index (Phi) is 7.90. The van der Waals surface area contributed by atoms with Gasteiger partial charge in [-0.3, -0.25) is 4.57 Å². The van der Waals surface area contributed by atoms with E-state index in [-0.39, 0.29) is 17.0 Å². The van der Waals surface area contributed by atoms with Gasteiger partial charge in [-0.2, -0.15) is 19.1 Å². The molecular weight excluding hydrogens is 967 g/mol. The van der Waals surface area contributed by atoms with E-state index in [1.165, 1.54) is 103 Å². The monoisotopic (exact) mass is 1010 g/mol. The first-order valence-electron chi connectivity index (χ1n) is 26.2. The van der Waals surface area contributed by atoms with E-state index in [0.29, 0.717) is 23.5 Å². The predicted octanol–water partition coefficient (Wildman–Crippen LogP) is 15.7. The lowest BCUT2D eigenvalue weighted by molar-refractivity contribution is -0.772. The molecule has 5 aliphatic rings. The Balaban J connectivity index is 0.818. The summed E-state index contributed by atoms with van der Waals surface area (Å²) in [6.07, 6.45) is 4.64. The number of thiophene rings is 2. The fourth-order valence-corrected chi connectivity index (χ4v) is 16.7. The molecule has 3 aliphatic heterocycles. The fourth-order valence-electron chi connectivity index (χ4n) is 14.3. The fraction of sp³-hybridized carbons (Fsp3) is 0.0896. The SMILES string of the molecule is CC1(C)c2ccccc2-c2cc3c4cc(-c5cc6sc(N7c8cccc9c8C8C([n+]%10ccccc%10-9)C89c8c(cccc87)-c7cccc[n+]79)cc6s5)ccc4n(-c4nc(-c5ccccc5)nc(-c5ccccc5)n4)c3cc21. The van der Waals surface area contributed by atoms with Crippen LogP contribution in [0.3, 0.4) is 0 Å². The number of rotatable bonds is 5. The molecule has 0 saturated heterocycles. The third-order valence-electron chi connectivity index (χ3n) is 17.5. The Morgan fingerprint density at radius 2 is 1.18 bits per heavy atom. The quantitative estimate of drug-likeness (QED) is 0.161. The van der Waals surface area contributed by atoms with Crippen LogP contribution in [0.25, 0.3) is 104 Å². The van der Waals surface area contributed by atoms with Gasteiger partial charge in [-0.05, 0) is 101 Å². The minimum absolute atomic E-state index is 0.190. The molecule has 18 rings (SSSR count). The van der Waals surface area contributed by atoms with Crippen molar-refractivity contribution in [1.82, 2.24) is 19.5 Å². The van der Waals surface area contributed by atoms with Crippen LogP contribution in [-0.4, -0.2) is 19.5 Å². The molecule has 3 atom stereocenters. The molecule has 9 heterocycles. The Hall–Kier alpha value is -8.89. The second-order valence-electron chi connectivity index (χ2n) is 21.6. The van der Waals surface area contributed by atoms with Gasteiger partial charge in [0.15, 0.2) is 24.0 Å². The molecule has 7 aromatic carbocycles. The first kappa shape index (κ1) is 41.5. The smallest absolute Gasteiger partial charge is 0.271 e. The number of fused-ring (bicyclic) bond motifs is 12. The summed E-state index contributed by atoms with van der Waals surface area (Å²) in [7, 11) is 0. The zero-order valence-corrected chi connectivity index (χ0v) is 42.9. The molecule has 356 valence electrons. The van der Waals surface area contributed by atoms with Crippen LogP contribution in [0.4, 0.5) is 16.4 Å². The molecule has 9 heteroatoms. The van der Waals surface area contributed by atoms with E-state index in [1.807, 2.05) is 59.1 Å². The lowest BCUT2D eigenvalue weighted by Crippen LogP contribution is -2.51. The van der Waals surface area contributed by atoms with E-state index in [1.54, 1.807) is 0 Å². The second kappa shape index (κ2) is 14.5. The maximum Gasteiger partial charge on any atom is 0.271 e. The topological polar surface area (TPSA) is 54.6 Å². The summed E-state index contributed by atoms with van der Waals surface area (Å²) < 4.78 is 10.0. The van der Waals surface area contributed by atoms with Gasteiger partial charge in [0, 0.05) is 71.4 Å². The van der Waals surface area contributed by atoms with Gasteiger partial charge in [0.2, 0.25) is 23.4 Å². The molecule has 0 radical (unpaired) electrons. The average Bonchev–Trinajstić information content (AvgIpc) is 3.88. The predicted molar refractivity (Wildman–Crippen MR) is 306 cm³/mol. The van der Waals surface area contributed by atoms with Gasteiger partial charge in [-0.1, -0.05) is 117 Å². The molecule has 0 bridgehead atoms. The number of aromatic nitrogens is 6. The number of nitrogens with zero attached hydrogens (tertiary/aromatic N) is 7. The van der Waals surface area contributed by atoms with Crippen molar-refractivity contribution in [2.75, 3.05) is 4.90 Å². The summed E-state index contributed by atoms with van der Waals surface area (Å²) in [4.78, 5) is 19.6. The molecule has 1 spiro atoms. The standard InChI is InChI=1S/C67H43N7S2/c1-66(2)47-24-10-9-21-41(47)44-34-46-45-33-40(29-30-51(45)74(54(46)35-48(44)66)65-69-63(38-17-5-3-6-18-38)68-64(70-65)39-19-7-4-8-20-39)55-36-56-57(75-55)37-58(76-56)73-52-27-15-22-42-49-25-11-13-31-71(49)62-61(59(42)52)67(62)60-43(23-16-28-53(60)73)50-26-12-14-32-72(50)67/h3-37,61-62H,1-2H3/q+2. The van der Waals surface area contributed by atoms with E-state index in [0.717, 1.165) is 22.2 Å². The first-order chi connectivity index (χ1) is 37.4. The van der Waals surface area contributed by atoms with Crippen molar-refractivity contribution in [3.63, 3.8) is 0 Å². The molecule has 2 aliphatic carbocycles. The van der Waals surface area contributed by atoms with Gasteiger partial charge in [-0.25, -0.2) is 4.98 Å². The highest BCUT2D eigenvalue weighted by molar-refractivity contribution is 7.31. The van der Waals surface area contributed by atoms with E-state index >= 15 is 0 Å². The Labute approximate surface area is 445 Å². The summed E-state index contributed by atoms with van der Waals surface area (Å²) >= 11 is 3.79. The van der Waals surface area contributed by atoms with Gasteiger partial charge < -0.3 is 4.90 Å². The highest BCUT2D eigenvalue weighted by Crippen LogP contribution is 2.75. The highest BCUT2D eigenvalue weighted by atomic mass is 32.1. The molecule has 3 unspecified atom stereocenters. The lowest BCUT2D eigenvalue weighted by Gasteiger charge is -2.28. The van der Waals surface area contributed by atoms with E-state index in [9.17, 15) is 0 Å². The van der Waals surface area contributed by atoms with Crippen molar-refractivity contribution in [1.29, 1.82) is 0 Å². The van der Waals surface area contributed by atoms with Gasteiger partial charge in [0.25, 0.3) is 5.54 Å². The average molecular weight is 1010 g/mol. The van der Waals surface area contributed by atoms with Gasteiger partial charge in [0.1, 0.15) is 10.9 Å². The third-order valence-corrected chi connectivity index (χ3v) is 19.8. The number of anilines is 3. The van der Waals surface area contributed by atoms with E-state index in [4.69, 9.17) is 15.0 Å². The van der Waals surface area contributed by atoms with Crippen LogP contribution in [0.15, 0.2) is 213 Å². The molecular formula is C67H43N7S2+2. The van der Waals surface area contributed by atoms with Crippen LogP contribution in [0.1, 0.15) is 48.1 Å². The zero-order chi connectivity index (χ0) is 49.8. The molecule has 1 fully saturated rings. The molecule has 6 aromatic heterocycles. The van der Waals surface area contributed by atoms with Gasteiger partial charge in [-0.15, -0.1) is 22.7 Å². The summed E-state index contributed by atoms with van der Waals surface area (Å²) in [6, 6.07) is 73.9. The molecule has 1 saturated carbocycles. The van der Waals surface area contributed by atoms with E-state index in [2.05, 4.69) is 209 Å². The molecule has 7 nitrogen and oxygen atoms in total. The molecule has 76 heavy (non-hydrogen) atoms. The van der Waals surface area contributed by atoms with Crippen LogP contribution in [0.2, 0.25) is 0 Å². The normalized spacial score (nSPS) is 18.3. The maximum atomic E-state index is 5.31. The van der Waals surface area contributed by atoms with Crippen LogP contribution >= 0.6 is 22.7 Å². The van der Waals surface area contributed by atoms with Gasteiger partial charge >= 0.3 is 0 Å². The number of hydrogen-bond acceptors (Lipinski definition) is 6. The maximum absolute atomic E-state index is 5.31. The van der Waals surface area contributed by atoms with Crippen LogP contribution in [0.5, 0.6) is 0 Å². The van der Waals surface area contributed by atoms with Crippen LogP contribution < -0.4 is 14.0 Å². The van der Waals surface area contributed by atoms with Crippen molar-refractivity contribution in [2.45, 2.75) is 36.8 Å². The Morgan fingerprint density at radius 3 is 1.99 bits per heavy atom.